The molecule has 1 saturated carbocycles. The molecule has 1 aliphatic carbocycles. The molecule has 0 unspecified atom stereocenters. The fraction of sp³-hybridized carbons (Fsp3) is 0.409. The van der Waals surface area contributed by atoms with E-state index in [0.29, 0.717) is 29.1 Å². The van der Waals surface area contributed by atoms with Gasteiger partial charge in [-0.2, -0.15) is 0 Å². The molecule has 1 aromatic carbocycles. The molecule has 1 aliphatic rings. The van der Waals surface area contributed by atoms with Crippen molar-refractivity contribution >= 4 is 29.3 Å². The van der Waals surface area contributed by atoms with Gasteiger partial charge in [0.1, 0.15) is 0 Å². The Kier molecular flexibility index (Phi) is 6.79. The van der Waals surface area contributed by atoms with Crippen LogP contribution in [0.3, 0.4) is 0 Å². The SMILES string of the molecule is CN(Cc1cccc(Cl)c1)C(=O)CSc1nnc(-c2ccco2)n1C1CCCCC1. The largest absolute Gasteiger partial charge is 0.461 e. The van der Waals surface area contributed by atoms with E-state index in [1.165, 1.54) is 31.0 Å². The van der Waals surface area contributed by atoms with E-state index in [9.17, 15) is 4.79 Å². The average molecular weight is 445 g/mol. The summed E-state index contributed by atoms with van der Waals surface area (Å²) < 4.78 is 7.76. The molecule has 0 N–H and O–H groups in total. The van der Waals surface area contributed by atoms with Crippen molar-refractivity contribution < 1.29 is 9.21 Å². The molecule has 0 spiro atoms. The van der Waals surface area contributed by atoms with E-state index in [-0.39, 0.29) is 5.91 Å². The van der Waals surface area contributed by atoms with Gasteiger partial charge in [-0.25, -0.2) is 0 Å². The maximum absolute atomic E-state index is 12.7. The Balaban J connectivity index is 1.46. The molecule has 1 amide bonds. The number of hydrogen-bond donors (Lipinski definition) is 0. The highest BCUT2D eigenvalue weighted by Crippen LogP contribution is 2.35. The van der Waals surface area contributed by atoms with Crippen LogP contribution in [0, 0.1) is 0 Å². The topological polar surface area (TPSA) is 64.2 Å². The number of nitrogens with zero attached hydrogens (tertiary/aromatic N) is 4. The first-order valence-corrected chi connectivity index (χ1v) is 11.6. The molecule has 0 saturated heterocycles. The van der Waals surface area contributed by atoms with Crippen LogP contribution in [-0.2, 0) is 11.3 Å². The lowest BCUT2D eigenvalue weighted by molar-refractivity contribution is -0.127. The average Bonchev–Trinajstić information content (AvgIpc) is 3.42. The third-order valence-corrected chi connectivity index (χ3v) is 6.57. The van der Waals surface area contributed by atoms with Crippen molar-refractivity contribution in [2.75, 3.05) is 12.8 Å². The van der Waals surface area contributed by atoms with E-state index in [1.54, 1.807) is 11.2 Å². The van der Waals surface area contributed by atoms with Crippen molar-refractivity contribution in [3.8, 4) is 11.6 Å². The van der Waals surface area contributed by atoms with Gasteiger partial charge in [0.05, 0.1) is 12.0 Å². The summed E-state index contributed by atoms with van der Waals surface area (Å²) in [5.74, 6) is 1.80. The van der Waals surface area contributed by atoms with Gasteiger partial charge in [-0.15, -0.1) is 10.2 Å². The summed E-state index contributed by atoms with van der Waals surface area (Å²) >= 11 is 7.49. The van der Waals surface area contributed by atoms with Crippen molar-refractivity contribution in [2.45, 2.75) is 49.8 Å². The van der Waals surface area contributed by atoms with Crippen LogP contribution in [0.1, 0.15) is 43.7 Å². The number of carbonyl (C=O) groups excluding carboxylic acids is 1. The summed E-state index contributed by atoms with van der Waals surface area (Å²) in [6.07, 6.45) is 7.52. The van der Waals surface area contributed by atoms with Gasteiger partial charge in [-0.1, -0.05) is 54.8 Å². The van der Waals surface area contributed by atoms with Crippen LogP contribution in [0.15, 0.2) is 52.2 Å². The second-order valence-electron chi connectivity index (χ2n) is 7.61. The van der Waals surface area contributed by atoms with Gasteiger partial charge in [0, 0.05) is 24.7 Å². The molecule has 0 radical (unpaired) electrons. The van der Waals surface area contributed by atoms with Gasteiger partial charge in [-0.3, -0.25) is 9.36 Å². The normalized spacial score (nSPS) is 14.7. The molecule has 0 aliphatic heterocycles. The van der Waals surface area contributed by atoms with Crippen molar-refractivity contribution in [2.24, 2.45) is 0 Å². The summed E-state index contributed by atoms with van der Waals surface area (Å²) in [6.45, 7) is 0.521. The zero-order valence-electron chi connectivity index (χ0n) is 17.0. The highest BCUT2D eigenvalue weighted by Gasteiger charge is 2.25. The Labute approximate surface area is 185 Å². The van der Waals surface area contributed by atoms with E-state index < -0.39 is 0 Å². The van der Waals surface area contributed by atoms with Crippen LogP contribution in [0.25, 0.3) is 11.6 Å². The molecule has 2 heterocycles. The summed E-state index contributed by atoms with van der Waals surface area (Å²) in [6, 6.07) is 11.7. The Morgan fingerprint density at radius 1 is 1.23 bits per heavy atom. The molecule has 4 rings (SSSR count). The smallest absolute Gasteiger partial charge is 0.233 e. The van der Waals surface area contributed by atoms with Crippen molar-refractivity contribution in [3.63, 3.8) is 0 Å². The number of thioether (sulfide) groups is 1. The van der Waals surface area contributed by atoms with Crippen LogP contribution in [0.4, 0.5) is 0 Å². The lowest BCUT2D eigenvalue weighted by Crippen LogP contribution is -2.28. The Morgan fingerprint density at radius 3 is 2.80 bits per heavy atom. The molecule has 0 bridgehead atoms. The number of rotatable bonds is 7. The maximum atomic E-state index is 12.7. The minimum absolute atomic E-state index is 0.0396. The molecular formula is C22H25ClN4O2S. The fourth-order valence-electron chi connectivity index (χ4n) is 3.85. The van der Waals surface area contributed by atoms with E-state index >= 15 is 0 Å². The van der Waals surface area contributed by atoms with Gasteiger partial charge in [-0.05, 0) is 42.7 Å². The summed E-state index contributed by atoms with van der Waals surface area (Å²) in [7, 11) is 1.81. The van der Waals surface area contributed by atoms with Crippen LogP contribution in [-0.4, -0.2) is 38.4 Å². The number of carbonyl (C=O) groups is 1. The quantitative estimate of drug-likeness (QED) is 0.453. The number of furan rings is 1. The minimum atomic E-state index is 0.0396. The first kappa shape index (κ1) is 21.0. The van der Waals surface area contributed by atoms with Crippen LogP contribution < -0.4 is 0 Å². The zero-order chi connectivity index (χ0) is 20.9. The van der Waals surface area contributed by atoms with Gasteiger partial charge >= 0.3 is 0 Å². The minimum Gasteiger partial charge on any atom is -0.461 e. The van der Waals surface area contributed by atoms with Crippen molar-refractivity contribution in [1.82, 2.24) is 19.7 Å². The first-order valence-electron chi connectivity index (χ1n) is 10.2. The van der Waals surface area contributed by atoms with Crippen LogP contribution in [0.2, 0.25) is 5.02 Å². The molecule has 3 aromatic rings. The predicted octanol–water partition coefficient (Wildman–Crippen LogP) is 5.45. The lowest BCUT2D eigenvalue weighted by atomic mass is 9.95. The number of halogens is 1. The molecular weight excluding hydrogens is 420 g/mol. The predicted molar refractivity (Wildman–Crippen MR) is 118 cm³/mol. The summed E-state index contributed by atoms with van der Waals surface area (Å²) in [4.78, 5) is 14.4. The highest BCUT2D eigenvalue weighted by atomic mass is 35.5. The lowest BCUT2D eigenvalue weighted by Gasteiger charge is -2.25. The summed E-state index contributed by atoms with van der Waals surface area (Å²) in [5.41, 5.74) is 1.01. The molecule has 2 aromatic heterocycles. The van der Waals surface area contributed by atoms with Gasteiger partial charge in [0.15, 0.2) is 10.9 Å². The summed E-state index contributed by atoms with van der Waals surface area (Å²) in [5, 5.41) is 10.2. The van der Waals surface area contributed by atoms with E-state index in [0.717, 1.165) is 29.4 Å². The molecule has 0 atom stereocenters. The van der Waals surface area contributed by atoms with E-state index in [1.807, 2.05) is 43.4 Å². The molecule has 6 nitrogen and oxygen atoms in total. The number of aromatic nitrogens is 3. The standard InChI is InChI=1S/C22H25ClN4O2S/c1-26(14-16-7-5-8-17(23)13-16)20(28)15-30-22-25-24-21(19-11-6-12-29-19)27(22)18-9-3-2-4-10-18/h5-8,11-13,18H,2-4,9-10,14-15H2,1H3. The maximum Gasteiger partial charge on any atom is 0.233 e. The Hall–Kier alpha value is -2.25. The fourth-order valence-corrected chi connectivity index (χ4v) is 5.01. The van der Waals surface area contributed by atoms with Crippen LogP contribution in [0.5, 0.6) is 0 Å². The van der Waals surface area contributed by atoms with Crippen molar-refractivity contribution in [1.29, 1.82) is 0 Å². The van der Waals surface area contributed by atoms with Gasteiger partial charge in [0.25, 0.3) is 0 Å². The van der Waals surface area contributed by atoms with Gasteiger partial charge < -0.3 is 9.32 Å². The second kappa shape index (κ2) is 9.71. The molecule has 8 heteroatoms. The van der Waals surface area contributed by atoms with E-state index in [2.05, 4.69) is 14.8 Å². The van der Waals surface area contributed by atoms with E-state index in [4.69, 9.17) is 16.0 Å². The third kappa shape index (κ3) is 4.90. The number of amides is 1. The number of hydrogen-bond acceptors (Lipinski definition) is 5. The number of benzene rings is 1. The van der Waals surface area contributed by atoms with Crippen molar-refractivity contribution in [3.05, 3.63) is 53.2 Å². The molecule has 1 fully saturated rings. The third-order valence-electron chi connectivity index (χ3n) is 5.41. The highest BCUT2D eigenvalue weighted by molar-refractivity contribution is 7.99. The monoisotopic (exact) mass is 444 g/mol. The Morgan fingerprint density at radius 2 is 2.07 bits per heavy atom. The first-order chi connectivity index (χ1) is 14.6. The molecule has 30 heavy (non-hydrogen) atoms. The molecule has 158 valence electrons. The van der Waals surface area contributed by atoms with Crippen LogP contribution >= 0.6 is 23.4 Å². The Bertz CT molecular complexity index is 983. The van der Waals surface area contributed by atoms with Gasteiger partial charge in [0.2, 0.25) is 11.7 Å². The zero-order valence-corrected chi connectivity index (χ0v) is 18.5. The second-order valence-corrected chi connectivity index (χ2v) is 8.99.